The van der Waals surface area contributed by atoms with E-state index in [9.17, 15) is 18.5 Å². The van der Waals surface area contributed by atoms with Gasteiger partial charge in [-0.15, -0.1) is 10.1 Å². The van der Waals surface area contributed by atoms with E-state index >= 15 is 0 Å². The smallest absolute Gasteiger partial charge is 0.196 e. The minimum atomic E-state index is -4.37. The lowest BCUT2D eigenvalue weighted by molar-refractivity contribution is -0.711. The third-order valence-electron chi connectivity index (χ3n) is 1.24. The van der Waals surface area contributed by atoms with Crippen LogP contribution in [0.1, 0.15) is 0 Å². The van der Waals surface area contributed by atoms with Crippen molar-refractivity contribution in [2.75, 3.05) is 0 Å². The second-order valence-corrected chi connectivity index (χ2v) is 4.17. The average Bonchev–Trinajstić information content (AvgIpc) is 2.01. The summed E-state index contributed by atoms with van der Waals surface area (Å²) in [4.78, 5) is 9.48. The zero-order valence-electron chi connectivity index (χ0n) is 6.58. The number of hydrogen-bond donors (Lipinski definition) is 0. The van der Waals surface area contributed by atoms with Gasteiger partial charge >= 0.3 is 15.2 Å². The molecule has 8 heteroatoms. The lowest BCUT2D eigenvalue weighted by Gasteiger charge is -2.00. The Balaban J connectivity index is 3.11. The second-order valence-electron chi connectivity index (χ2n) is 2.21. The first kappa shape index (κ1) is 10.7. The van der Waals surface area contributed by atoms with Crippen molar-refractivity contribution in [2.45, 2.75) is 4.90 Å². The van der Waals surface area contributed by atoms with Gasteiger partial charge in [-0.05, 0) is 18.2 Å². The Labute approximate surface area is 84.3 Å². The molecule has 0 bridgehead atoms. The van der Waals surface area contributed by atoms with Crippen molar-refractivity contribution < 1.29 is 17.8 Å². The normalized spacial score (nSPS) is 10.9. The highest BCUT2D eigenvalue weighted by molar-refractivity contribution is 7.86. The van der Waals surface area contributed by atoms with Crippen molar-refractivity contribution in [1.29, 1.82) is 0 Å². The van der Waals surface area contributed by atoms with E-state index in [1.807, 2.05) is 0 Å². The quantitative estimate of drug-likeness (QED) is 0.583. The maximum atomic E-state index is 11.1. The fourth-order valence-electron chi connectivity index (χ4n) is 0.746. The van der Waals surface area contributed by atoms with Crippen molar-refractivity contribution >= 4 is 21.7 Å². The van der Waals surface area contributed by atoms with Crippen molar-refractivity contribution in [1.82, 2.24) is 0 Å². The summed E-state index contributed by atoms with van der Waals surface area (Å²) in [6.07, 6.45) is 0. The van der Waals surface area contributed by atoms with Crippen LogP contribution in [-0.2, 0) is 14.4 Å². The largest absolute Gasteiger partial charge is 0.334 e. The van der Waals surface area contributed by atoms with Crippen molar-refractivity contribution in [3.8, 4) is 0 Å². The van der Waals surface area contributed by atoms with Crippen LogP contribution < -0.4 is 0 Å². The number of hydrogen-bond acceptors (Lipinski definition) is 5. The number of halogens is 1. The first-order valence-corrected chi connectivity index (χ1v) is 5.05. The molecule has 0 heterocycles. The first-order valence-electron chi connectivity index (χ1n) is 3.26. The standard InChI is InChI=1S/C6H4ClNO5S/c7-5-2-1-3-6(4-5)14(11,12)13-8(9)10/h1-4H. The van der Waals surface area contributed by atoms with Crippen LogP contribution in [-0.4, -0.2) is 13.5 Å². The summed E-state index contributed by atoms with van der Waals surface area (Å²) in [5.41, 5.74) is 0. The molecule has 0 fully saturated rings. The molecule has 0 N–H and O–H groups in total. The van der Waals surface area contributed by atoms with E-state index in [1.54, 1.807) is 0 Å². The van der Waals surface area contributed by atoms with Crippen LogP contribution in [0, 0.1) is 10.1 Å². The van der Waals surface area contributed by atoms with Crippen LogP contribution in [0.2, 0.25) is 5.02 Å². The molecule has 0 amide bonds. The molecule has 0 spiro atoms. The molecule has 0 saturated heterocycles. The van der Waals surface area contributed by atoms with E-state index in [4.69, 9.17) is 11.6 Å². The first-order chi connectivity index (χ1) is 6.42. The van der Waals surface area contributed by atoms with Gasteiger partial charge in [-0.2, -0.15) is 12.7 Å². The van der Waals surface area contributed by atoms with E-state index in [0.717, 1.165) is 12.1 Å². The highest BCUT2D eigenvalue weighted by Gasteiger charge is 2.18. The van der Waals surface area contributed by atoms with Crippen molar-refractivity contribution in [3.05, 3.63) is 39.4 Å². The summed E-state index contributed by atoms with van der Waals surface area (Å²) in [6.45, 7) is 0. The molecule has 0 saturated carbocycles. The Hall–Kier alpha value is -1.34. The van der Waals surface area contributed by atoms with Crippen LogP contribution in [0.5, 0.6) is 0 Å². The predicted molar refractivity (Wildman–Crippen MR) is 46.7 cm³/mol. The van der Waals surface area contributed by atoms with Gasteiger partial charge in [0.05, 0.1) is 4.90 Å². The number of benzene rings is 1. The minimum Gasteiger partial charge on any atom is -0.196 e. The zero-order valence-corrected chi connectivity index (χ0v) is 8.16. The predicted octanol–water partition coefficient (Wildman–Crippen LogP) is 1.24. The second kappa shape index (κ2) is 3.81. The third kappa shape index (κ3) is 2.57. The summed E-state index contributed by atoms with van der Waals surface area (Å²) in [7, 11) is -4.37. The van der Waals surface area contributed by atoms with Crippen LogP contribution in [0.15, 0.2) is 29.2 Å². The van der Waals surface area contributed by atoms with E-state index in [0.29, 0.717) is 0 Å². The Morgan fingerprint density at radius 2 is 2.07 bits per heavy atom. The SMILES string of the molecule is O=[N+]([O-])OS(=O)(=O)c1cccc(Cl)c1. The van der Waals surface area contributed by atoms with Crippen LogP contribution in [0.3, 0.4) is 0 Å². The molecule has 76 valence electrons. The van der Waals surface area contributed by atoms with Gasteiger partial charge in [0.1, 0.15) is 0 Å². The topological polar surface area (TPSA) is 86.5 Å². The Bertz CT molecular complexity index is 457. The molecule has 0 atom stereocenters. The molecule has 14 heavy (non-hydrogen) atoms. The summed E-state index contributed by atoms with van der Waals surface area (Å²) < 4.78 is 25.7. The number of rotatable bonds is 3. The van der Waals surface area contributed by atoms with Gasteiger partial charge in [-0.25, -0.2) is 0 Å². The van der Waals surface area contributed by atoms with Gasteiger partial charge in [0.2, 0.25) is 0 Å². The van der Waals surface area contributed by atoms with Gasteiger partial charge in [-0.1, -0.05) is 17.7 Å². The Morgan fingerprint density at radius 3 is 2.57 bits per heavy atom. The maximum Gasteiger partial charge on any atom is 0.334 e. The summed E-state index contributed by atoms with van der Waals surface area (Å²) in [6, 6.07) is 4.98. The van der Waals surface area contributed by atoms with Gasteiger partial charge in [0.25, 0.3) is 0 Å². The van der Waals surface area contributed by atoms with Crippen molar-refractivity contribution in [2.24, 2.45) is 0 Å². The third-order valence-corrected chi connectivity index (χ3v) is 2.63. The van der Waals surface area contributed by atoms with Gasteiger partial charge in [0, 0.05) is 5.02 Å². The highest BCUT2D eigenvalue weighted by Crippen LogP contribution is 2.17. The monoisotopic (exact) mass is 237 g/mol. The Morgan fingerprint density at radius 1 is 1.43 bits per heavy atom. The lowest BCUT2D eigenvalue weighted by Crippen LogP contribution is -2.11. The fraction of sp³-hybridized carbons (Fsp3) is 0. The number of nitrogens with zero attached hydrogens (tertiary/aromatic N) is 1. The van der Waals surface area contributed by atoms with E-state index in [2.05, 4.69) is 4.28 Å². The highest BCUT2D eigenvalue weighted by atomic mass is 35.5. The maximum absolute atomic E-state index is 11.1. The van der Waals surface area contributed by atoms with Gasteiger partial charge in [-0.3, -0.25) is 0 Å². The summed E-state index contributed by atoms with van der Waals surface area (Å²) >= 11 is 5.50. The molecule has 0 aliphatic rings. The molecular weight excluding hydrogens is 234 g/mol. The van der Waals surface area contributed by atoms with E-state index in [-0.39, 0.29) is 9.92 Å². The minimum absolute atomic E-state index is 0.151. The molecular formula is C6H4ClNO5S. The van der Waals surface area contributed by atoms with Crippen LogP contribution >= 0.6 is 11.6 Å². The fourth-order valence-corrected chi connectivity index (χ4v) is 1.76. The molecule has 0 aromatic heterocycles. The Kier molecular flexibility index (Phi) is 2.92. The molecule has 0 radical (unpaired) electrons. The summed E-state index contributed by atoms with van der Waals surface area (Å²) in [5, 5.41) is 8.60. The average molecular weight is 238 g/mol. The van der Waals surface area contributed by atoms with Gasteiger partial charge in [0.15, 0.2) is 0 Å². The molecule has 0 aliphatic heterocycles. The van der Waals surface area contributed by atoms with Crippen LogP contribution in [0.4, 0.5) is 0 Å². The van der Waals surface area contributed by atoms with Crippen LogP contribution in [0.25, 0.3) is 0 Å². The summed E-state index contributed by atoms with van der Waals surface area (Å²) in [5.74, 6) is 0. The zero-order chi connectivity index (χ0) is 10.8. The van der Waals surface area contributed by atoms with E-state index in [1.165, 1.54) is 12.1 Å². The molecule has 1 rings (SSSR count). The molecule has 0 unspecified atom stereocenters. The molecule has 6 nitrogen and oxygen atoms in total. The molecule has 0 aliphatic carbocycles. The van der Waals surface area contributed by atoms with Gasteiger partial charge < -0.3 is 0 Å². The van der Waals surface area contributed by atoms with E-state index < -0.39 is 15.2 Å². The molecule has 1 aromatic rings. The lowest BCUT2D eigenvalue weighted by atomic mass is 10.4. The molecule has 1 aromatic carbocycles. The van der Waals surface area contributed by atoms with Crippen molar-refractivity contribution in [3.63, 3.8) is 0 Å².